The van der Waals surface area contributed by atoms with Crippen LogP contribution in [0.1, 0.15) is 18.4 Å². The standard InChI is InChI=1S/C16H15BrFNO2S/c17-15-3-1-2-4-16(15)22(20,21)19(14-9-10-14)11-12-5-7-13(18)8-6-12/h1-8,14H,9-11H2. The third kappa shape index (κ3) is 3.24. The molecule has 0 aliphatic heterocycles. The van der Waals surface area contributed by atoms with Gasteiger partial charge in [-0.3, -0.25) is 0 Å². The van der Waals surface area contributed by atoms with Crippen molar-refractivity contribution in [2.75, 3.05) is 0 Å². The number of halogens is 2. The van der Waals surface area contributed by atoms with E-state index in [0.29, 0.717) is 4.47 Å². The molecule has 0 atom stereocenters. The van der Waals surface area contributed by atoms with Crippen molar-refractivity contribution in [3.63, 3.8) is 0 Å². The molecule has 1 fully saturated rings. The Morgan fingerprint density at radius 3 is 2.32 bits per heavy atom. The van der Waals surface area contributed by atoms with Crippen LogP contribution in [0.15, 0.2) is 57.9 Å². The van der Waals surface area contributed by atoms with Crippen molar-refractivity contribution in [2.45, 2.75) is 30.3 Å². The second-order valence-electron chi connectivity index (χ2n) is 5.34. The Labute approximate surface area is 137 Å². The average Bonchev–Trinajstić information content (AvgIpc) is 3.31. The molecule has 2 aromatic rings. The lowest BCUT2D eigenvalue weighted by molar-refractivity contribution is 0.398. The molecule has 0 spiro atoms. The van der Waals surface area contributed by atoms with Gasteiger partial charge in [-0.15, -0.1) is 0 Å². The van der Waals surface area contributed by atoms with E-state index in [1.54, 1.807) is 36.4 Å². The van der Waals surface area contributed by atoms with Crippen LogP contribution in [-0.2, 0) is 16.6 Å². The molecule has 0 amide bonds. The number of sulfonamides is 1. The van der Waals surface area contributed by atoms with E-state index in [1.807, 2.05) is 0 Å². The first-order valence-corrected chi connectivity index (χ1v) is 9.22. The molecule has 6 heteroatoms. The minimum atomic E-state index is -3.58. The van der Waals surface area contributed by atoms with Gasteiger partial charge in [-0.1, -0.05) is 24.3 Å². The van der Waals surface area contributed by atoms with Gasteiger partial charge in [-0.2, -0.15) is 4.31 Å². The highest BCUT2D eigenvalue weighted by Gasteiger charge is 2.38. The van der Waals surface area contributed by atoms with Crippen molar-refractivity contribution in [1.29, 1.82) is 0 Å². The van der Waals surface area contributed by atoms with Crippen molar-refractivity contribution in [2.24, 2.45) is 0 Å². The summed E-state index contributed by atoms with van der Waals surface area (Å²) in [4.78, 5) is 0.268. The van der Waals surface area contributed by atoms with Crippen LogP contribution in [0.2, 0.25) is 0 Å². The Morgan fingerprint density at radius 2 is 1.73 bits per heavy atom. The first-order chi connectivity index (χ1) is 10.5. The molecule has 0 radical (unpaired) electrons. The van der Waals surface area contributed by atoms with Crippen molar-refractivity contribution in [3.05, 3.63) is 64.4 Å². The predicted octanol–water partition coefficient (Wildman–Crippen LogP) is 3.94. The van der Waals surface area contributed by atoms with Crippen LogP contribution in [0.25, 0.3) is 0 Å². The van der Waals surface area contributed by atoms with Crippen LogP contribution >= 0.6 is 15.9 Å². The summed E-state index contributed by atoms with van der Waals surface area (Å²) in [7, 11) is -3.58. The van der Waals surface area contributed by atoms with Gasteiger partial charge in [0, 0.05) is 17.1 Å². The Balaban J connectivity index is 1.94. The molecule has 0 saturated heterocycles. The van der Waals surface area contributed by atoms with Gasteiger partial charge in [0.25, 0.3) is 0 Å². The lowest BCUT2D eigenvalue weighted by Gasteiger charge is -2.22. The highest BCUT2D eigenvalue weighted by atomic mass is 79.9. The maximum Gasteiger partial charge on any atom is 0.244 e. The summed E-state index contributed by atoms with van der Waals surface area (Å²) in [6.45, 7) is 0.259. The summed E-state index contributed by atoms with van der Waals surface area (Å²) >= 11 is 3.31. The van der Waals surface area contributed by atoms with Crippen molar-refractivity contribution >= 4 is 26.0 Å². The largest absolute Gasteiger partial charge is 0.244 e. The molecule has 3 nitrogen and oxygen atoms in total. The predicted molar refractivity (Wildman–Crippen MR) is 86.3 cm³/mol. The topological polar surface area (TPSA) is 37.4 Å². The van der Waals surface area contributed by atoms with Crippen molar-refractivity contribution in [3.8, 4) is 0 Å². The molecular formula is C16H15BrFNO2S. The monoisotopic (exact) mass is 383 g/mol. The van der Waals surface area contributed by atoms with Crippen LogP contribution in [0.4, 0.5) is 4.39 Å². The number of rotatable bonds is 5. The fourth-order valence-corrected chi connectivity index (χ4v) is 4.96. The third-order valence-electron chi connectivity index (χ3n) is 3.63. The summed E-state index contributed by atoms with van der Waals surface area (Å²) in [5.41, 5.74) is 0.781. The van der Waals surface area contributed by atoms with E-state index in [0.717, 1.165) is 18.4 Å². The Morgan fingerprint density at radius 1 is 1.09 bits per heavy atom. The molecule has 0 unspecified atom stereocenters. The summed E-state index contributed by atoms with van der Waals surface area (Å²) in [6, 6.07) is 12.8. The van der Waals surface area contributed by atoms with Gasteiger partial charge < -0.3 is 0 Å². The average molecular weight is 384 g/mol. The van der Waals surface area contributed by atoms with Crippen LogP contribution in [0.3, 0.4) is 0 Å². The molecular weight excluding hydrogens is 369 g/mol. The highest BCUT2D eigenvalue weighted by Crippen LogP contribution is 2.35. The fourth-order valence-electron chi connectivity index (χ4n) is 2.32. The van der Waals surface area contributed by atoms with E-state index < -0.39 is 10.0 Å². The lowest BCUT2D eigenvalue weighted by Crippen LogP contribution is -2.32. The number of nitrogens with zero attached hydrogens (tertiary/aromatic N) is 1. The Hall–Kier alpha value is -1.24. The quantitative estimate of drug-likeness (QED) is 0.783. The molecule has 3 rings (SSSR count). The van der Waals surface area contributed by atoms with Gasteiger partial charge in [0.05, 0.1) is 4.90 Å². The first-order valence-electron chi connectivity index (χ1n) is 6.99. The summed E-state index contributed by atoms with van der Waals surface area (Å²) < 4.78 is 40.9. The summed E-state index contributed by atoms with van der Waals surface area (Å²) in [5, 5.41) is 0. The van der Waals surface area contributed by atoms with Gasteiger partial charge in [0.2, 0.25) is 10.0 Å². The van der Waals surface area contributed by atoms with E-state index in [-0.39, 0.29) is 23.3 Å². The normalized spacial score (nSPS) is 15.2. The minimum absolute atomic E-state index is 0.0298. The Kier molecular flexibility index (Phi) is 4.34. The minimum Gasteiger partial charge on any atom is -0.207 e. The van der Waals surface area contributed by atoms with Crippen molar-refractivity contribution in [1.82, 2.24) is 4.31 Å². The molecule has 1 saturated carbocycles. The SMILES string of the molecule is O=S(=O)(c1ccccc1Br)N(Cc1ccc(F)cc1)C1CC1. The molecule has 0 bridgehead atoms. The van der Waals surface area contributed by atoms with Crippen LogP contribution < -0.4 is 0 Å². The first kappa shape index (κ1) is 15.6. The summed E-state index contributed by atoms with van der Waals surface area (Å²) in [5.74, 6) is -0.324. The van der Waals surface area contributed by atoms with E-state index in [4.69, 9.17) is 0 Å². The van der Waals surface area contributed by atoms with E-state index >= 15 is 0 Å². The van der Waals surface area contributed by atoms with Crippen LogP contribution in [0.5, 0.6) is 0 Å². The van der Waals surface area contributed by atoms with Crippen LogP contribution in [0, 0.1) is 5.82 Å². The van der Waals surface area contributed by atoms with Crippen LogP contribution in [-0.4, -0.2) is 18.8 Å². The number of hydrogen-bond donors (Lipinski definition) is 0. The smallest absolute Gasteiger partial charge is 0.207 e. The van der Waals surface area contributed by atoms with Crippen molar-refractivity contribution < 1.29 is 12.8 Å². The van der Waals surface area contributed by atoms with Gasteiger partial charge in [-0.05, 0) is 58.6 Å². The van der Waals surface area contributed by atoms with E-state index in [1.165, 1.54) is 16.4 Å². The molecule has 0 N–H and O–H groups in total. The molecule has 22 heavy (non-hydrogen) atoms. The zero-order chi connectivity index (χ0) is 15.7. The number of benzene rings is 2. The molecule has 116 valence electrons. The second-order valence-corrected chi connectivity index (χ2v) is 8.05. The Bertz CT molecular complexity index is 773. The molecule has 1 aliphatic carbocycles. The maximum absolute atomic E-state index is 13.0. The number of hydrogen-bond acceptors (Lipinski definition) is 2. The molecule has 0 heterocycles. The van der Waals surface area contributed by atoms with Gasteiger partial charge in [-0.25, -0.2) is 12.8 Å². The van der Waals surface area contributed by atoms with E-state index in [9.17, 15) is 12.8 Å². The maximum atomic E-state index is 13.0. The lowest BCUT2D eigenvalue weighted by atomic mass is 10.2. The zero-order valence-electron chi connectivity index (χ0n) is 11.7. The van der Waals surface area contributed by atoms with Gasteiger partial charge in [0.1, 0.15) is 5.82 Å². The second kappa shape index (κ2) is 6.10. The van der Waals surface area contributed by atoms with Gasteiger partial charge in [0.15, 0.2) is 0 Å². The third-order valence-corrected chi connectivity index (χ3v) is 6.54. The molecule has 1 aliphatic rings. The highest BCUT2D eigenvalue weighted by molar-refractivity contribution is 9.10. The molecule has 0 aromatic heterocycles. The zero-order valence-corrected chi connectivity index (χ0v) is 14.1. The van der Waals surface area contributed by atoms with E-state index in [2.05, 4.69) is 15.9 Å². The molecule has 2 aromatic carbocycles. The van der Waals surface area contributed by atoms with Gasteiger partial charge >= 0.3 is 0 Å². The fraction of sp³-hybridized carbons (Fsp3) is 0.250. The summed E-state index contributed by atoms with van der Waals surface area (Å²) in [6.07, 6.45) is 1.73.